The number of piperidine rings is 1. The summed E-state index contributed by atoms with van der Waals surface area (Å²) in [5.41, 5.74) is 3.62. The maximum Gasteiger partial charge on any atom is 0.237 e. The summed E-state index contributed by atoms with van der Waals surface area (Å²) >= 11 is 0. The van der Waals surface area contributed by atoms with Crippen LogP contribution in [0, 0.1) is 12.8 Å². The number of hydrogen-bond acceptors (Lipinski definition) is 4. The van der Waals surface area contributed by atoms with Gasteiger partial charge in [0, 0.05) is 12.6 Å². The third kappa shape index (κ3) is 6.73. The van der Waals surface area contributed by atoms with Gasteiger partial charge in [-0.3, -0.25) is 9.69 Å². The maximum absolute atomic E-state index is 12.6. The molecule has 1 amide bonds. The lowest BCUT2D eigenvalue weighted by molar-refractivity contribution is -0.126. The number of nitrogens with one attached hydrogen (secondary N) is 1. The van der Waals surface area contributed by atoms with Gasteiger partial charge in [0.05, 0.1) is 20.3 Å². The maximum atomic E-state index is 12.6. The average Bonchev–Trinajstić information content (AvgIpc) is 2.81. The molecule has 0 saturated carbocycles. The highest BCUT2D eigenvalue weighted by atomic mass is 16.5. The minimum atomic E-state index is -0.0888. The van der Waals surface area contributed by atoms with Crippen molar-refractivity contribution in [1.29, 1.82) is 0 Å². The predicted octanol–water partition coefficient (Wildman–Crippen LogP) is 4.36. The van der Waals surface area contributed by atoms with Crippen molar-refractivity contribution in [3.8, 4) is 11.5 Å². The number of aryl methyl sites for hydroxylation is 2. The van der Waals surface area contributed by atoms with Gasteiger partial charge in [-0.15, -0.1) is 0 Å². The topological polar surface area (TPSA) is 50.8 Å². The molecule has 1 fully saturated rings. The van der Waals surface area contributed by atoms with Gasteiger partial charge in [-0.2, -0.15) is 0 Å². The highest BCUT2D eigenvalue weighted by molar-refractivity contribution is 5.81. The number of amides is 1. The largest absolute Gasteiger partial charge is 0.497 e. The smallest absolute Gasteiger partial charge is 0.237 e. The van der Waals surface area contributed by atoms with E-state index in [1.165, 1.54) is 11.1 Å². The van der Waals surface area contributed by atoms with E-state index in [1.807, 2.05) is 13.0 Å². The molecule has 168 valence electrons. The average molecular weight is 425 g/mol. The molecule has 5 nitrogen and oxygen atoms in total. The van der Waals surface area contributed by atoms with Gasteiger partial charge in [0.2, 0.25) is 5.91 Å². The van der Waals surface area contributed by atoms with Crippen LogP contribution in [0.15, 0.2) is 42.5 Å². The molecule has 0 aromatic heterocycles. The van der Waals surface area contributed by atoms with Gasteiger partial charge in [0.25, 0.3) is 0 Å². The third-order valence-corrected chi connectivity index (χ3v) is 6.42. The quantitative estimate of drug-likeness (QED) is 0.650. The molecule has 1 aliphatic heterocycles. The van der Waals surface area contributed by atoms with Crippen molar-refractivity contribution < 1.29 is 14.3 Å². The SMILES string of the molecule is COc1cc(CCC2CCN(C(C)C(=O)NCc3ccc(C)cc3)CC2)cc(OC)c1. The first kappa shape index (κ1) is 23.1. The first-order valence-corrected chi connectivity index (χ1v) is 11.3. The van der Waals surface area contributed by atoms with Crippen LogP contribution < -0.4 is 14.8 Å². The predicted molar refractivity (Wildman–Crippen MR) is 125 cm³/mol. The molecule has 5 heteroatoms. The molecule has 1 saturated heterocycles. The highest BCUT2D eigenvalue weighted by Gasteiger charge is 2.26. The fourth-order valence-electron chi connectivity index (χ4n) is 4.22. The minimum absolute atomic E-state index is 0.0888. The van der Waals surface area contributed by atoms with E-state index in [2.05, 4.69) is 53.5 Å². The lowest BCUT2D eigenvalue weighted by Gasteiger charge is -2.35. The number of carbonyl (C=O) groups is 1. The minimum Gasteiger partial charge on any atom is -0.497 e. The standard InChI is InChI=1S/C26H36N2O3/c1-19-5-7-22(8-6-19)18-27-26(29)20(2)28-13-11-21(12-14-28)9-10-23-15-24(30-3)17-25(16-23)31-4/h5-8,15-17,20-21H,9-14,18H2,1-4H3,(H,27,29). The zero-order valence-corrected chi connectivity index (χ0v) is 19.3. The van der Waals surface area contributed by atoms with Crippen LogP contribution in [-0.4, -0.2) is 44.2 Å². The Morgan fingerprint density at radius 1 is 1.03 bits per heavy atom. The molecular formula is C26H36N2O3. The van der Waals surface area contributed by atoms with Crippen LogP contribution in [0.5, 0.6) is 11.5 Å². The molecule has 0 bridgehead atoms. The second-order valence-corrected chi connectivity index (χ2v) is 8.62. The van der Waals surface area contributed by atoms with Gasteiger partial charge in [-0.1, -0.05) is 29.8 Å². The van der Waals surface area contributed by atoms with E-state index in [0.717, 1.165) is 55.8 Å². The van der Waals surface area contributed by atoms with Crippen molar-refractivity contribution in [3.63, 3.8) is 0 Å². The summed E-state index contributed by atoms with van der Waals surface area (Å²) in [7, 11) is 3.37. The lowest BCUT2D eigenvalue weighted by Crippen LogP contribution is -2.48. The van der Waals surface area contributed by atoms with E-state index in [1.54, 1.807) is 14.2 Å². The monoisotopic (exact) mass is 424 g/mol. The molecule has 1 heterocycles. The van der Waals surface area contributed by atoms with Crippen LogP contribution in [0.1, 0.15) is 42.9 Å². The van der Waals surface area contributed by atoms with Crippen LogP contribution in [-0.2, 0) is 17.8 Å². The number of methoxy groups -OCH3 is 2. The van der Waals surface area contributed by atoms with E-state index in [0.29, 0.717) is 12.5 Å². The number of carbonyl (C=O) groups excluding carboxylic acids is 1. The number of benzene rings is 2. The molecule has 1 aliphatic rings. The Morgan fingerprint density at radius 3 is 2.23 bits per heavy atom. The van der Waals surface area contributed by atoms with Crippen molar-refractivity contribution in [2.24, 2.45) is 5.92 Å². The summed E-state index contributed by atoms with van der Waals surface area (Å²) in [5.74, 6) is 2.49. The Balaban J connectivity index is 1.42. The third-order valence-electron chi connectivity index (χ3n) is 6.42. The molecule has 0 spiro atoms. The normalized spacial score (nSPS) is 16.0. The lowest BCUT2D eigenvalue weighted by atomic mass is 9.90. The molecule has 2 aromatic carbocycles. The summed E-state index contributed by atoms with van der Waals surface area (Å²) in [4.78, 5) is 14.9. The van der Waals surface area contributed by atoms with Crippen molar-refractivity contribution in [1.82, 2.24) is 10.2 Å². The molecule has 0 aliphatic carbocycles. The zero-order valence-electron chi connectivity index (χ0n) is 19.3. The molecule has 31 heavy (non-hydrogen) atoms. The van der Waals surface area contributed by atoms with Crippen LogP contribution in [0.2, 0.25) is 0 Å². The van der Waals surface area contributed by atoms with Crippen molar-refractivity contribution in [3.05, 3.63) is 59.2 Å². The van der Waals surface area contributed by atoms with Crippen LogP contribution in [0.25, 0.3) is 0 Å². The first-order chi connectivity index (χ1) is 15.0. The Kier molecular flexibility index (Phi) is 8.35. The van der Waals surface area contributed by atoms with Crippen LogP contribution in [0.4, 0.5) is 0 Å². The second-order valence-electron chi connectivity index (χ2n) is 8.62. The Hall–Kier alpha value is -2.53. The number of ether oxygens (including phenoxy) is 2. The van der Waals surface area contributed by atoms with Crippen molar-refractivity contribution in [2.75, 3.05) is 27.3 Å². The Morgan fingerprint density at radius 2 is 1.65 bits per heavy atom. The number of likely N-dealkylation sites (tertiary alicyclic amines) is 1. The van der Waals surface area contributed by atoms with E-state index in [-0.39, 0.29) is 11.9 Å². The number of nitrogens with zero attached hydrogens (tertiary/aromatic N) is 1. The Labute approximate surface area is 186 Å². The van der Waals surface area contributed by atoms with E-state index in [4.69, 9.17) is 9.47 Å². The molecule has 1 unspecified atom stereocenters. The van der Waals surface area contributed by atoms with E-state index >= 15 is 0 Å². The summed E-state index contributed by atoms with van der Waals surface area (Å²) < 4.78 is 10.8. The fraction of sp³-hybridized carbons (Fsp3) is 0.500. The van der Waals surface area contributed by atoms with Crippen molar-refractivity contribution >= 4 is 5.91 Å². The highest BCUT2D eigenvalue weighted by Crippen LogP contribution is 2.27. The van der Waals surface area contributed by atoms with E-state index in [9.17, 15) is 4.79 Å². The Bertz CT molecular complexity index is 820. The van der Waals surface area contributed by atoms with Crippen molar-refractivity contribution in [2.45, 2.75) is 52.1 Å². The molecule has 1 atom stereocenters. The molecule has 1 N–H and O–H groups in total. The van der Waals surface area contributed by atoms with Crippen LogP contribution >= 0.6 is 0 Å². The zero-order chi connectivity index (χ0) is 22.2. The fourth-order valence-corrected chi connectivity index (χ4v) is 4.22. The molecule has 3 rings (SSSR count). The van der Waals surface area contributed by atoms with Gasteiger partial charge in [0.15, 0.2) is 0 Å². The summed E-state index contributed by atoms with van der Waals surface area (Å²) in [6.07, 6.45) is 4.44. The van der Waals surface area contributed by atoms with Gasteiger partial charge >= 0.3 is 0 Å². The van der Waals surface area contributed by atoms with E-state index < -0.39 is 0 Å². The molecule has 2 aromatic rings. The van der Waals surface area contributed by atoms with Gasteiger partial charge in [-0.05, 0) is 81.8 Å². The summed E-state index contributed by atoms with van der Waals surface area (Å²) in [6.45, 7) is 6.63. The molecular weight excluding hydrogens is 388 g/mol. The van der Waals surface area contributed by atoms with Crippen LogP contribution in [0.3, 0.4) is 0 Å². The number of hydrogen-bond donors (Lipinski definition) is 1. The molecule has 0 radical (unpaired) electrons. The summed E-state index contributed by atoms with van der Waals surface area (Å²) in [6, 6.07) is 14.3. The van der Waals surface area contributed by atoms with Gasteiger partial charge < -0.3 is 14.8 Å². The first-order valence-electron chi connectivity index (χ1n) is 11.3. The summed E-state index contributed by atoms with van der Waals surface area (Å²) in [5, 5.41) is 3.09. The second kappa shape index (κ2) is 11.2. The number of rotatable bonds is 9. The van der Waals surface area contributed by atoms with Gasteiger partial charge in [0.1, 0.15) is 11.5 Å². The van der Waals surface area contributed by atoms with Gasteiger partial charge in [-0.25, -0.2) is 0 Å².